The summed E-state index contributed by atoms with van der Waals surface area (Å²) in [6, 6.07) is 9.78. The van der Waals surface area contributed by atoms with Crippen molar-refractivity contribution in [1.82, 2.24) is 4.90 Å². The van der Waals surface area contributed by atoms with Gasteiger partial charge in [0.2, 0.25) is 0 Å². The summed E-state index contributed by atoms with van der Waals surface area (Å²) in [5, 5.41) is 1.09. The number of hydrogen-bond donors (Lipinski definition) is 1. The van der Waals surface area contributed by atoms with Crippen molar-refractivity contribution in [2.45, 2.75) is 13.0 Å². The van der Waals surface area contributed by atoms with Gasteiger partial charge in [-0.15, -0.1) is 0 Å². The van der Waals surface area contributed by atoms with E-state index in [2.05, 4.69) is 0 Å². The summed E-state index contributed by atoms with van der Waals surface area (Å²) >= 11 is 0. The van der Waals surface area contributed by atoms with E-state index in [0.29, 0.717) is 22.9 Å². The van der Waals surface area contributed by atoms with Crippen molar-refractivity contribution >= 4 is 16.7 Å². The maximum absolute atomic E-state index is 13.7. The molecule has 0 radical (unpaired) electrons. The van der Waals surface area contributed by atoms with E-state index in [4.69, 9.17) is 5.73 Å². The molecule has 0 aliphatic heterocycles. The number of halogens is 1. The molecule has 0 heterocycles. The van der Waals surface area contributed by atoms with Gasteiger partial charge in [-0.2, -0.15) is 0 Å². The lowest BCUT2D eigenvalue weighted by molar-refractivity contribution is 0.0750. The molecular weight excluding hydrogens is 243 g/mol. The number of carbonyl (C=O) groups is 1. The van der Waals surface area contributed by atoms with Crippen LogP contribution in [-0.2, 0) is 0 Å². The largest absolute Gasteiger partial charge is 0.338 e. The Morgan fingerprint density at radius 3 is 2.53 bits per heavy atom. The van der Waals surface area contributed by atoms with Gasteiger partial charge in [0.05, 0.1) is 0 Å². The number of hydrogen-bond acceptors (Lipinski definition) is 2. The molecule has 2 rings (SSSR count). The van der Waals surface area contributed by atoms with Gasteiger partial charge in [-0.3, -0.25) is 4.79 Å². The first kappa shape index (κ1) is 13.5. The van der Waals surface area contributed by atoms with E-state index >= 15 is 0 Å². The van der Waals surface area contributed by atoms with Crippen LogP contribution in [0.4, 0.5) is 4.39 Å². The first-order valence-electron chi connectivity index (χ1n) is 6.20. The SMILES string of the molecule is CC(CN)N(C)C(=O)c1ccc(F)c2ccccc12. The zero-order valence-corrected chi connectivity index (χ0v) is 11.1. The Labute approximate surface area is 111 Å². The van der Waals surface area contributed by atoms with E-state index in [1.54, 1.807) is 36.2 Å². The lowest BCUT2D eigenvalue weighted by Gasteiger charge is -2.24. The third-order valence-electron chi connectivity index (χ3n) is 3.42. The molecule has 0 aliphatic rings. The molecule has 0 aliphatic carbocycles. The minimum absolute atomic E-state index is 0.0590. The first-order valence-corrected chi connectivity index (χ1v) is 6.20. The molecule has 0 aromatic heterocycles. The molecular formula is C15H17FN2O. The third kappa shape index (κ3) is 2.44. The summed E-state index contributed by atoms with van der Waals surface area (Å²) in [4.78, 5) is 14.0. The second kappa shape index (κ2) is 5.36. The van der Waals surface area contributed by atoms with Crippen molar-refractivity contribution in [3.63, 3.8) is 0 Å². The summed E-state index contributed by atoms with van der Waals surface area (Å²) in [7, 11) is 1.71. The maximum atomic E-state index is 13.7. The highest BCUT2D eigenvalue weighted by Gasteiger charge is 2.19. The zero-order chi connectivity index (χ0) is 14.0. The normalized spacial score (nSPS) is 12.4. The van der Waals surface area contributed by atoms with Gasteiger partial charge in [-0.1, -0.05) is 24.3 Å². The molecule has 100 valence electrons. The van der Waals surface area contributed by atoms with Gasteiger partial charge in [-0.25, -0.2) is 4.39 Å². The molecule has 0 spiro atoms. The van der Waals surface area contributed by atoms with E-state index in [1.165, 1.54) is 12.1 Å². The monoisotopic (exact) mass is 260 g/mol. The fraction of sp³-hybridized carbons (Fsp3) is 0.267. The molecule has 0 saturated carbocycles. The second-order valence-corrected chi connectivity index (χ2v) is 4.64. The highest BCUT2D eigenvalue weighted by Crippen LogP contribution is 2.23. The van der Waals surface area contributed by atoms with Gasteiger partial charge < -0.3 is 10.6 Å². The van der Waals surface area contributed by atoms with Crippen LogP contribution in [0.5, 0.6) is 0 Å². The van der Waals surface area contributed by atoms with Crippen LogP contribution in [-0.4, -0.2) is 30.4 Å². The van der Waals surface area contributed by atoms with Gasteiger partial charge in [0, 0.05) is 30.6 Å². The van der Waals surface area contributed by atoms with Crippen LogP contribution in [0.2, 0.25) is 0 Å². The number of rotatable bonds is 3. The second-order valence-electron chi connectivity index (χ2n) is 4.64. The number of benzene rings is 2. The van der Waals surface area contributed by atoms with Crippen LogP contribution in [0.1, 0.15) is 17.3 Å². The van der Waals surface area contributed by atoms with Crippen LogP contribution < -0.4 is 5.73 Å². The molecule has 1 unspecified atom stereocenters. The van der Waals surface area contributed by atoms with Crippen LogP contribution in [0.25, 0.3) is 10.8 Å². The van der Waals surface area contributed by atoms with Crippen LogP contribution in [0.15, 0.2) is 36.4 Å². The Bertz CT molecular complexity index is 612. The zero-order valence-electron chi connectivity index (χ0n) is 11.1. The van der Waals surface area contributed by atoms with Gasteiger partial charge in [-0.05, 0) is 24.4 Å². The number of nitrogens with zero attached hydrogens (tertiary/aromatic N) is 1. The maximum Gasteiger partial charge on any atom is 0.254 e. The average Bonchev–Trinajstić information content (AvgIpc) is 2.45. The van der Waals surface area contributed by atoms with Crippen LogP contribution in [0, 0.1) is 5.82 Å². The minimum atomic E-state index is -0.318. The topological polar surface area (TPSA) is 46.3 Å². The Hall–Kier alpha value is -1.94. The Kier molecular flexibility index (Phi) is 3.81. The number of nitrogens with two attached hydrogens (primary N) is 1. The van der Waals surface area contributed by atoms with Crippen LogP contribution >= 0.6 is 0 Å². The minimum Gasteiger partial charge on any atom is -0.338 e. The number of amides is 1. The van der Waals surface area contributed by atoms with Crippen molar-refractivity contribution < 1.29 is 9.18 Å². The molecule has 3 nitrogen and oxygen atoms in total. The van der Waals surface area contributed by atoms with Crippen molar-refractivity contribution in [3.05, 3.63) is 47.8 Å². The lowest BCUT2D eigenvalue weighted by Crippen LogP contribution is -2.39. The van der Waals surface area contributed by atoms with Crippen LogP contribution in [0.3, 0.4) is 0 Å². The highest BCUT2D eigenvalue weighted by atomic mass is 19.1. The Balaban J connectivity index is 2.52. The number of likely N-dealkylation sites (N-methyl/N-ethyl adjacent to an activating group) is 1. The fourth-order valence-corrected chi connectivity index (χ4v) is 2.00. The molecule has 1 atom stereocenters. The summed E-state index contributed by atoms with van der Waals surface area (Å²) in [5.41, 5.74) is 6.07. The molecule has 19 heavy (non-hydrogen) atoms. The molecule has 2 aromatic carbocycles. The first-order chi connectivity index (χ1) is 9.06. The van der Waals surface area contributed by atoms with Crippen molar-refractivity contribution in [1.29, 1.82) is 0 Å². The molecule has 0 fully saturated rings. The third-order valence-corrected chi connectivity index (χ3v) is 3.42. The fourth-order valence-electron chi connectivity index (χ4n) is 2.00. The summed E-state index contributed by atoms with van der Waals surface area (Å²) in [6.45, 7) is 2.27. The summed E-state index contributed by atoms with van der Waals surface area (Å²) in [5.74, 6) is -0.462. The van der Waals surface area contributed by atoms with E-state index < -0.39 is 0 Å². The Morgan fingerprint density at radius 2 is 1.89 bits per heavy atom. The van der Waals surface area contributed by atoms with E-state index in [-0.39, 0.29) is 17.8 Å². The standard InChI is InChI=1S/C15H17FN2O/c1-10(9-17)18(2)15(19)13-7-8-14(16)12-6-4-3-5-11(12)13/h3-8,10H,9,17H2,1-2H3. The summed E-state index contributed by atoms with van der Waals surface area (Å²) in [6.07, 6.45) is 0. The average molecular weight is 260 g/mol. The van der Waals surface area contributed by atoms with Gasteiger partial charge in [0.15, 0.2) is 0 Å². The van der Waals surface area contributed by atoms with Crippen molar-refractivity contribution in [2.75, 3.05) is 13.6 Å². The van der Waals surface area contributed by atoms with E-state index in [0.717, 1.165) is 0 Å². The summed E-state index contributed by atoms with van der Waals surface area (Å²) < 4.78 is 13.7. The molecule has 1 amide bonds. The molecule has 4 heteroatoms. The molecule has 2 aromatic rings. The van der Waals surface area contributed by atoms with E-state index in [9.17, 15) is 9.18 Å². The lowest BCUT2D eigenvalue weighted by atomic mass is 10.0. The quantitative estimate of drug-likeness (QED) is 0.921. The highest BCUT2D eigenvalue weighted by molar-refractivity contribution is 6.07. The number of carbonyl (C=O) groups excluding carboxylic acids is 1. The Morgan fingerprint density at radius 1 is 1.26 bits per heavy atom. The van der Waals surface area contributed by atoms with E-state index in [1.807, 2.05) is 6.92 Å². The van der Waals surface area contributed by atoms with Gasteiger partial charge in [0.1, 0.15) is 5.82 Å². The van der Waals surface area contributed by atoms with Crippen molar-refractivity contribution in [3.8, 4) is 0 Å². The van der Waals surface area contributed by atoms with Gasteiger partial charge in [0.25, 0.3) is 5.91 Å². The molecule has 2 N–H and O–H groups in total. The van der Waals surface area contributed by atoms with Gasteiger partial charge >= 0.3 is 0 Å². The smallest absolute Gasteiger partial charge is 0.254 e. The number of fused-ring (bicyclic) bond motifs is 1. The molecule has 0 bridgehead atoms. The predicted molar refractivity (Wildman–Crippen MR) is 74.5 cm³/mol. The predicted octanol–water partition coefficient (Wildman–Crippen LogP) is 2.40. The molecule has 0 saturated heterocycles. The van der Waals surface area contributed by atoms with Crippen molar-refractivity contribution in [2.24, 2.45) is 5.73 Å².